The number of ether oxygens (including phenoxy) is 5. The van der Waals surface area contributed by atoms with E-state index in [-0.39, 0.29) is 19.0 Å². The van der Waals surface area contributed by atoms with Gasteiger partial charge in [0.15, 0.2) is 27.8 Å². The molecule has 1 aromatic heterocycles. The number of carbonyl (C=O) groups excluding carboxylic acids is 1. The molecule has 6 rings (SSSR count). The van der Waals surface area contributed by atoms with Crippen LogP contribution >= 0.6 is 22.9 Å². The van der Waals surface area contributed by atoms with E-state index in [2.05, 4.69) is 4.99 Å². The zero-order valence-corrected chi connectivity index (χ0v) is 25.9. The van der Waals surface area contributed by atoms with Gasteiger partial charge in [-0.1, -0.05) is 47.2 Å². The molecule has 0 radical (unpaired) electrons. The summed E-state index contributed by atoms with van der Waals surface area (Å²) in [5.41, 5.74) is 2.90. The van der Waals surface area contributed by atoms with Crippen LogP contribution in [0.15, 0.2) is 81.7 Å². The maximum atomic E-state index is 14.0. The van der Waals surface area contributed by atoms with Gasteiger partial charge in [-0.3, -0.25) is 9.36 Å². The van der Waals surface area contributed by atoms with Crippen molar-refractivity contribution in [1.29, 1.82) is 0 Å². The number of rotatable bonds is 9. The van der Waals surface area contributed by atoms with E-state index in [1.54, 1.807) is 36.6 Å². The molecule has 0 N–H and O–H groups in total. The topological polar surface area (TPSA) is 97.6 Å². The number of fused-ring (bicyclic) bond motifs is 2. The van der Waals surface area contributed by atoms with E-state index in [4.69, 9.17) is 35.3 Å². The van der Waals surface area contributed by atoms with E-state index in [1.807, 2.05) is 55.5 Å². The Hall–Kier alpha value is -4.54. The second kappa shape index (κ2) is 12.6. The Kier molecular flexibility index (Phi) is 8.45. The van der Waals surface area contributed by atoms with E-state index in [0.29, 0.717) is 67.4 Å². The molecular weight excluding hydrogens is 604 g/mol. The van der Waals surface area contributed by atoms with Crippen LogP contribution in [0.2, 0.25) is 5.02 Å². The Morgan fingerprint density at radius 3 is 2.59 bits per heavy atom. The van der Waals surface area contributed by atoms with E-state index >= 15 is 0 Å². The number of hydrogen-bond donors (Lipinski definition) is 0. The molecule has 11 heteroatoms. The lowest BCUT2D eigenvalue weighted by Gasteiger charge is -2.24. The van der Waals surface area contributed by atoms with Crippen molar-refractivity contribution in [3.05, 3.63) is 113 Å². The number of carbonyl (C=O) groups is 1. The first kappa shape index (κ1) is 29.5. The molecule has 2 aliphatic heterocycles. The zero-order valence-electron chi connectivity index (χ0n) is 24.3. The van der Waals surface area contributed by atoms with Gasteiger partial charge >= 0.3 is 5.97 Å². The molecule has 44 heavy (non-hydrogen) atoms. The summed E-state index contributed by atoms with van der Waals surface area (Å²) in [5.74, 6) is 1.76. The van der Waals surface area contributed by atoms with Crippen LogP contribution in [0.3, 0.4) is 0 Å². The number of benzene rings is 3. The number of hydrogen-bond acceptors (Lipinski definition) is 9. The minimum atomic E-state index is -0.760. The van der Waals surface area contributed by atoms with E-state index in [9.17, 15) is 9.59 Å². The number of thiazole rings is 1. The third kappa shape index (κ3) is 5.82. The van der Waals surface area contributed by atoms with E-state index in [0.717, 1.165) is 11.1 Å². The van der Waals surface area contributed by atoms with Crippen LogP contribution in [0, 0.1) is 0 Å². The van der Waals surface area contributed by atoms with Gasteiger partial charge in [-0.25, -0.2) is 9.79 Å². The third-order valence-electron chi connectivity index (χ3n) is 7.10. The van der Waals surface area contributed by atoms with Crippen molar-refractivity contribution in [3.8, 4) is 23.0 Å². The highest BCUT2D eigenvalue weighted by molar-refractivity contribution is 7.07. The molecule has 0 aliphatic carbocycles. The molecule has 3 heterocycles. The molecule has 1 atom stereocenters. The van der Waals surface area contributed by atoms with Gasteiger partial charge in [-0.2, -0.15) is 0 Å². The lowest BCUT2D eigenvalue weighted by Crippen LogP contribution is -2.39. The van der Waals surface area contributed by atoms with Crippen molar-refractivity contribution >= 4 is 35.0 Å². The average molecular weight is 633 g/mol. The molecule has 2 aliphatic rings. The summed E-state index contributed by atoms with van der Waals surface area (Å²) in [6.45, 7) is 6.47. The van der Waals surface area contributed by atoms with Crippen LogP contribution in [-0.2, 0) is 16.1 Å². The standard InChI is InChI=1S/C33H29ClN2O7S/c1-4-39-26-14-21(8-12-24(26)41-17-20-6-10-23(34)11-7-20)15-28-31(37)36-30(22-9-13-25-27(16-22)43-18-42-25)29(32(38)40-5-2)19(3)35-33(36)44-28/h6-16,30H,4-5,17-18H2,1-3H3. The summed E-state index contributed by atoms with van der Waals surface area (Å²) >= 11 is 7.24. The number of halogens is 1. The molecule has 226 valence electrons. The highest BCUT2D eigenvalue weighted by Crippen LogP contribution is 2.38. The van der Waals surface area contributed by atoms with Crippen molar-refractivity contribution in [2.24, 2.45) is 4.99 Å². The fraction of sp³-hybridized carbons (Fsp3) is 0.242. The van der Waals surface area contributed by atoms with Gasteiger partial charge in [-0.15, -0.1) is 0 Å². The molecule has 1 unspecified atom stereocenters. The lowest BCUT2D eigenvalue weighted by atomic mass is 9.95. The Labute approximate surface area is 262 Å². The average Bonchev–Trinajstić information content (AvgIpc) is 3.60. The maximum Gasteiger partial charge on any atom is 0.338 e. The monoisotopic (exact) mass is 632 g/mol. The summed E-state index contributed by atoms with van der Waals surface area (Å²) in [7, 11) is 0. The molecule has 4 aromatic rings. The quantitative estimate of drug-likeness (QED) is 0.235. The number of allylic oxidation sites excluding steroid dienone is 1. The second-order valence-corrected chi connectivity index (χ2v) is 11.4. The smallest absolute Gasteiger partial charge is 0.338 e. The van der Waals surface area contributed by atoms with Gasteiger partial charge < -0.3 is 23.7 Å². The molecule has 0 saturated carbocycles. The van der Waals surface area contributed by atoms with Crippen molar-refractivity contribution in [2.75, 3.05) is 20.0 Å². The highest BCUT2D eigenvalue weighted by Gasteiger charge is 2.34. The summed E-state index contributed by atoms with van der Waals surface area (Å²) in [6.07, 6.45) is 1.79. The molecule has 0 amide bonds. The Morgan fingerprint density at radius 2 is 1.82 bits per heavy atom. The first-order chi connectivity index (χ1) is 21.4. The van der Waals surface area contributed by atoms with E-state index < -0.39 is 12.0 Å². The Bertz CT molecular complexity index is 1950. The van der Waals surface area contributed by atoms with Gasteiger partial charge in [0.1, 0.15) is 6.61 Å². The normalized spacial score (nSPS) is 15.5. The largest absolute Gasteiger partial charge is 0.490 e. The SMILES string of the molecule is CCOC(=O)C1=C(C)N=c2sc(=Cc3ccc(OCc4ccc(Cl)cc4)c(OCC)c3)c(=O)n2C1c1ccc2c(c1)OCO2. The summed E-state index contributed by atoms with van der Waals surface area (Å²) in [4.78, 5) is 32.3. The van der Waals surface area contributed by atoms with Gasteiger partial charge in [-0.05, 0) is 79.9 Å². The molecule has 9 nitrogen and oxygen atoms in total. The van der Waals surface area contributed by atoms with Crippen LogP contribution in [0.4, 0.5) is 0 Å². The van der Waals surface area contributed by atoms with Gasteiger partial charge in [0.05, 0.1) is 35.1 Å². The van der Waals surface area contributed by atoms with Crippen molar-refractivity contribution in [2.45, 2.75) is 33.4 Å². The van der Waals surface area contributed by atoms with Crippen LogP contribution in [0.25, 0.3) is 6.08 Å². The fourth-order valence-electron chi connectivity index (χ4n) is 5.09. The van der Waals surface area contributed by atoms with Crippen molar-refractivity contribution in [3.63, 3.8) is 0 Å². The predicted octanol–water partition coefficient (Wildman–Crippen LogP) is 5.16. The first-order valence-electron chi connectivity index (χ1n) is 14.1. The Morgan fingerprint density at radius 1 is 1.02 bits per heavy atom. The van der Waals surface area contributed by atoms with Gasteiger partial charge in [0.2, 0.25) is 6.79 Å². The summed E-state index contributed by atoms with van der Waals surface area (Å²) in [6, 6.07) is 17.6. The van der Waals surface area contributed by atoms with Crippen LogP contribution in [0.1, 0.15) is 43.5 Å². The van der Waals surface area contributed by atoms with Crippen LogP contribution < -0.4 is 33.8 Å². The number of aromatic nitrogens is 1. The van der Waals surface area contributed by atoms with Gasteiger partial charge in [0.25, 0.3) is 5.56 Å². The second-order valence-electron chi connectivity index (χ2n) is 9.97. The van der Waals surface area contributed by atoms with E-state index in [1.165, 1.54) is 11.3 Å². The third-order valence-corrected chi connectivity index (χ3v) is 8.34. The maximum absolute atomic E-state index is 14.0. The zero-order chi connectivity index (χ0) is 30.8. The number of esters is 1. The van der Waals surface area contributed by atoms with Gasteiger partial charge in [0, 0.05) is 5.02 Å². The first-order valence-corrected chi connectivity index (χ1v) is 15.3. The summed E-state index contributed by atoms with van der Waals surface area (Å²) in [5, 5.41) is 0.660. The molecule has 0 fully saturated rings. The molecule has 3 aromatic carbocycles. The van der Waals surface area contributed by atoms with Crippen molar-refractivity contribution in [1.82, 2.24) is 4.57 Å². The number of nitrogens with zero attached hydrogens (tertiary/aromatic N) is 2. The van der Waals surface area contributed by atoms with Crippen molar-refractivity contribution < 1.29 is 28.5 Å². The molecule has 0 bridgehead atoms. The minimum Gasteiger partial charge on any atom is -0.490 e. The lowest BCUT2D eigenvalue weighted by molar-refractivity contribution is -0.139. The summed E-state index contributed by atoms with van der Waals surface area (Å²) < 4.78 is 30.4. The molecular formula is C33H29ClN2O7S. The van der Waals surface area contributed by atoms with Crippen LogP contribution in [0.5, 0.6) is 23.0 Å². The molecule has 0 spiro atoms. The van der Waals surface area contributed by atoms with Crippen LogP contribution in [-0.4, -0.2) is 30.5 Å². The Balaban J connectivity index is 1.39. The highest BCUT2D eigenvalue weighted by atomic mass is 35.5. The fourth-order valence-corrected chi connectivity index (χ4v) is 6.26. The predicted molar refractivity (Wildman–Crippen MR) is 166 cm³/mol. The molecule has 0 saturated heterocycles. The minimum absolute atomic E-state index is 0.107.